The Balaban J connectivity index is 1.10. The summed E-state index contributed by atoms with van der Waals surface area (Å²) in [5.41, 5.74) is 1.74. The summed E-state index contributed by atoms with van der Waals surface area (Å²) in [6, 6.07) is 20.7. The van der Waals surface area contributed by atoms with E-state index in [0.29, 0.717) is 25.1 Å². The lowest BCUT2D eigenvalue weighted by atomic mass is 10.1. The number of alkyl carbamates (subject to hydrolysis) is 1. The van der Waals surface area contributed by atoms with Crippen molar-refractivity contribution in [2.75, 3.05) is 54.8 Å². The fourth-order valence-corrected chi connectivity index (χ4v) is 6.02. The Kier molecular flexibility index (Phi) is 10.1. The average molecular weight is 676 g/mol. The summed E-state index contributed by atoms with van der Waals surface area (Å²) in [6.45, 7) is 3.49. The van der Waals surface area contributed by atoms with Crippen LogP contribution >= 0.6 is 0 Å². The molecule has 3 aromatic carbocycles. The number of amides is 3. The van der Waals surface area contributed by atoms with E-state index in [0.717, 1.165) is 43.5 Å². The highest BCUT2D eigenvalue weighted by molar-refractivity contribution is 6.00. The molecule has 1 aromatic heterocycles. The Hall–Kier alpha value is -5.37. The van der Waals surface area contributed by atoms with Crippen molar-refractivity contribution < 1.29 is 32.3 Å². The van der Waals surface area contributed by atoms with Crippen LogP contribution in [0.2, 0.25) is 0 Å². The van der Waals surface area contributed by atoms with E-state index in [1.54, 1.807) is 24.3 Å². The molecule has 2 fully saturated rings. The van der Waals surface area contributed by atoms with Gasteiger partial charge < -0.3 is 35.8 Å². The van der Waals surface area contributed by atoms with Gasteiger partial charge in [-0.05, 0) is 66.9 Å². The summed E-state index contributed by atoms with van der Waals surface area (Å²) in [6.07, 6.45) is -4.55. The zero-order valence-electron chi connectivity index (χ0n) is 26.6. The van der Waals surface area contributed by atoms with Crippen molar-refractivity contribution >= 4 is 51.7 Å². The molecule has 2 aliphatic heterocycles. The smallest absolute Gasteiger partial charge is 0.417 e. The number of pyridine rings is 1. The van der Waals surface area contributed by atoms with Gasteiger partial charge in [0.2, 0.25) is 11.8 Å². The molecule has 0 unspecified atom stereocenters. The van der Waals surface area contributed by atoms with Gasteiger partial charge >= 0.3 is 12.3 Å². The number of aromatic nitrogens is 1. The summed E-state index contributed by atoms with van der Waals surface area (Å²) in [5, 5.41) is 11.2. The van der Waals surface area contributed by atoms with Crippen LogP contribution in [0.25, 0.3) is 10.9 Å². The van der Waals surface area contributed by atoms with Gasteiger partial charge in [-0.3, -0.25) is 9.59 Å². The van der Waals surface area contributed by atoms with Gasteiger partial charge in [0.05, 0.1) is 11.1 Å². The van der Waals surface area contributed by atoms with Crippen molar-refractivity contribution in [3.05, 3.63) is 90.0 Å². The molecule has 3 heterocycles. The largest absolute Gasteiger partial charge is 0.445 e. The molecule has 4 N–H and O–H groups in total. The molecule has 3 amide bonds. The second-order valence-electron chi connectivity index (χ2n) is 11.8. The summed E-state index contributed by atoms with van der Waals surface area (Å²) >= 11 is 0. The average Bonchev–Trinajstić information content (AvgIpc) is 3.61. The van der Waals surface area contributed by atoms with E-state index in [1.165, 1.54) is 23.1 Å². The summed E-state index contributed by atoms with van der Waals surface area (Å²) in [5.74, 6) is -0.986. The van der Waals surface area contributed by atoms with Crippen LogP contribution < -0.4 is 26.2 Å². The standard InChI is InChI=1S/C35H36F3N7O4/c36-35(37,38)28-20-31(41-24-8-11-26(12-9-24)44-17-14-39-15-18-44)43-29-13-10-25(19-27(28)29)42-33(47)30-7-4-16-45(30)32(46)21-40-34(48)49-22-23-5-2-1-3-6-23/h1-3,5-6,8-13,19-20,30,39H,4,7,14-18,21-22H2,(H,40,48)(H,41,43)(H,42,47)/t30-/m0/s1. The maximum Gasteiger partial charge on any atom is 0.417 e. The number of rotatable bonds is 9. The van der Waals surface area contributed by atoms with Crippen LogP contribution in [0.3, 0.4) is 0 Å². The molecule has 11 nitrogen and oxygen atoms in total. The number of nitrogens with one attached hydrogen (secondary N) is 4. The van der Waals surface area contributed by atoms with Gasteiger partial charge in [0.25, 0.3) is 0 Å². The monoisotopic (exact) mass is 675 g/mol. The van der Waals surface area contributed by atoms with E-state index in [-0.39, 0.29) is 35.6 Å². The minimum atomic E-state index is -4.70. The number of carbonyl (C=O) groups is 3. The van der Waals surface area contributed by atoms with Crippen molar-refractivity contribution in [1.29, 1.82) is 0 Å². The normalized spacial score (nSPS) is 16.3. The minimum absolute atomic E-state index is 0.0317. The maximum atomic E-state index is 14.3. The highest BCUT2D eigenvalue weighted by Gasteiger charge is 2.35. The van der Waals surface area contributed by atoms with Crippen molar-refractivity contribution in [3.8, 4) is 0 Å². The maximum absolute atomic E-state index is 14.3. The zero-order valence-corrected chi connectivity index (χ0v) is 26.6. The number of fused-ring (bicyclic) bond motifs is 1. The van der Waals surface area contributed by atoms with E-state index in [9.17, 15) is 27.6 Å². The number of carbonyl (C=O) groups excluding carboxylic acids is 3. The Morgan fingerprint density at radius 3 is 2.39 bits per heavy atom. The third-order valence-electron chi connectivity index (χ3n) is 8.48. The van der Waals surface area contributed by atoms with Crippen LogP contribution in [0.1, 0.15) is 24.0 Å². The second-order valence-corrected chi connectivity index (χ2v) is 11.8. The van der Waals surface area contributed by atoms with E-state index in [1.807, 2.05) is 30.3 Å². The highest BCUT2D eigenvalue weighted by Crippen LogP contribution is 2.37. The number of piperazine rings is 1. The number of anilines is 4. The summed E-state index contributed by atoms with van der Waals surface area (Å²) in [7, 11) is 0. The molecule has 0 aliphatic carbocycles. The Labute approximate surface area is 280 Å². The fraction of sp³-hybridized carbons (Fsp3) is 0.314. The van der Waals surface area contributed by atoms with Crippen LogP contribution in [0.15, 0.2) is 78.9 Å². The lowest BCUT2D eigenvalue weighted by Crippen LogP contribution is -2.47. The third-order valence-corrected chi connectivity index (χ3v) is 8.48. The second kappa shape index (κ2) is 14.8. The lowest BCUT2D eigenvalue weighted by Gasteiger charge is -2.29. The van der Waals surface area contributed by atoms with E-state index in [4.69, 9.17) is 4.74 Å². The number of hydrogen-bond acceptors (Lipinski definition) is 8. The van der Waals surface area contributed by atoms with Crippen molar-refractivity contribution in [3.63, 3.8) is 0 Å². The van der Waals surface area contributed by atoms with Crippen LogP contribution in [0.4, 0.5) is 40.8 Å². The van der Waals surface area contributed by atoms with Crippen molar-refractivity contribution in [1.82, 2.24) is 20.5 Å². The number of halogens is 3. The molecule has 0 spiro atoms. The molecule has 6 rings (SSSR count). The van der Waals surface area contributed by atoms with Gasteiger partial charge in [0.1, 0.15) is 25.0 Å². The number of benzene rings is 3. The molecule has 1 atom stereocenters. The quantitative estimate of drug-likeness (QED) is 0.189. The predicted octanol–water partition coefficient (Wildman–Crippen LogP) is 5.26. The van der Waals surface area contributed by atoms with Crippen LogP contribution in [-0.4, -0.2) is 73.1 Å². The first-order valence-corrected chi connectivity index (χ1v) is 16.0. The fourth-order valence-electron chi connectivity index (χ4n) is 6.02. The van der Waals surface area contributed by atoms with Crippen molar-refractivity contribution in [2.45, 2.75) is 31.7 Å². The SMILES string of the molecule is O=C(NCC(=O)N1CCC[C@H]1C(=O)Nc1ccc2nc(Nc3ccc(N4CCNCC4)cc3)cc(C(F)(F)F)c2c1)OCc1ccccc1. The molecule has 0 radical (unpaired) electrons. The molecule has 0 bridgehead atoms. The molecule has 256 valence electrons. The summed E-state index contributed by atoms with van der Waals surface area (Å²) in [4.78, 5) is 46.3. The van der Waals surface area contributed by atoms with Crippen LogP contribution in [0.5, 0.6) is 0 Å². The number of nitrogens with zero attached hydrogens (tertiary/aromatic N) is 3. The van der Waals surface area contributed by atoms with E-state index in [2.05, 4.69) is 31.2 Å². The molecule has 49 heavy (non-hydrogen) atoms. The van der Waals surface area contributed by atoms with Crippen molar-refractivity contribution in [2.24, 2.45) is 0 Å². The first-order valence-electron chi connectivity index (χ1n) is 16.0. The van der Waals surface area contributed by atoms with Gasteiger partial charge in [0, 0.05) is 55.2 Å². The van der Waals surface area contributed by atoms with E-state index >= 15 is 0 Å². The first kappa shape index (κ1) is 33.5. The van der Waals surface area contributed by atoms with Crippen LogP contribution in [0, 0.1) is 0 Å². The topological polar surface area (TPSA) is 128 Å². The number of likely N-dealkylation sites (tertiary alicyclic amines) is 1. The first-order chi connectivity index (χ1) is 23.6. The number of ether oxygens (including phenoxy) is 1. The number of hydrogen-bond donors (Lipinski definition) is 4. The Morgan fingerprint density at radius 2 is 1.65 bits per heavy atom. The highest BCUT2D eigenvalue weighted by atomic mass is 19.4. The molecular weight excluding hydrogens is 639 g/mol. The molecule has 4 aromatic rings. The van der Waals surface area contributed by atoms with Crippen LogP contribution in [-0.2, 0) is 27.1 Å². The summed E-state index contributed by atoms with van der Waals surface area (Å²) < 4.78 is 48.0. The van der Waals surface area contributed by atoms with Gasteiger partial charge in [-0.1, -0.05) is 30.3 Å². The number of alkyl halides is 3. The third kappa shape index (κ3) is 8.38. The predicted molar refractivity (Wildman–Crippen MR) is 180 cm³/mol. The van der Waals surface area contributed by atoms with E-state index < -0.39 is 35.7 Å². The minimum Gasteiger partial charge on any atom is -0.445 e. The van der Waals surface area contributed by atoms with Gasteiger partial charge in [-0.25, -0.2) is 9.78 Å². The lowest BCUT2D eigenvalue weighted by molar-refractivity contribution is -0.136. The molecule has 14 heteroatoms. The molecular formula is C35H36F3N7O4. The Morgan fingerprint density at radius 1 is 0.918 bits per heavy atom. The van der Waals surface area contributed by atoms with Gasteiger partial charge in [-0.15, -0.1) is 0 Å². The Bertz CT molecular complexity index is 1800. The van der Waals surface area contributed by atoms with Gasteiger partial charge in [-0.2, -0.15) is 13.2 Å². The molecule has 2 saturated heterocycles. The zero-order chi connectivity index (χ0) is 34.4. The molecule has 2 aliphatic rings. The van der Waals surface area contributed by atoms with Gasteiger partial charge in [0.15, 0.2) is 0 Å². The molecule has 0 saturated carbocycles.